The quantitative estimate of drug-likeness (QED) is 0.0533. The number of unbranched alkanes of at least 4 members (excludes halogenated alkanes) is 72. The Bertz CT molecular complexity index is 707. The Balaban J connectivity index is -0.000000235. The van der Waals surface area contributed by atoms with Gasteiger partial charge in [-0.15, -0.1) is 0 Å². The molecule has 0 heterocycles. The van der Waals surface area contributed by atoms with Crippen LogP contribution in [-0.4, -0.2) is 0 Å². The molecule has 0 fully saturated rings. The van der Waals surface area contributed by atoms with Gasteiger partial charge in [0.05, 0.1) is 0 Å². The molecule has 0 nitrogen and oxygen atoms in total. The van der Waals surface area contributed by atoms with Crippen molar-refractivity contribution in [1.29, 1.82) is 0 Å². The van der Waals surface area contributed by atoms with Crippen molar-refractivity contribution in [2.45, 2.75) is 584 Å². The van der Waals surface area contributed by atoms with E-state index in [1.807, 2.05) is 0 Å². The van der Waals surface area contributed by atoms with Crippen LogP contribution in [-0.2, 0) is 0 Å². The maximum Gasteiger partial charge on any atom is -0.0533 e. The Hall–Kier alpha value is 0. The van der Waals surface area contributed by atoms with Gasteiger partial charge in [-0.2, -0.15) is 0 Å². The molecule has 0 aromatic carbocycles. The third-order valence-electron chi connectivity index (χ3n) is 19.2. The van der Waals surface area contributed by atoms with Gasteiger partial charge in [0.2, 0.25) is 0 Å². The first-order valence-electron chi connectivity index (χ1n) is 44.5. The largest absolute Gasteiger partial charge is 0.0654 e. The molecule has 0 unspecified atom stereocenters. The number of rotatable bonds is 72. The molecule has 0 bridgehead atoms. The van der Waals surface area contributed by atoms with E-state index in [1.165, 1.54) is 501 Å². The van der Waals surface area contributed by atoms with Crippen LogP contribution < -0.4 is 0 Å². The van der Waals surface area contributed by atoms with E-state index in [1.54, 1.807) is 0 Å². The zero-order valence-corrected chi connectivity index (χ0v) is 67.2. The molecule has 0 saturated carbocycles. The molecule has 552 valence electrons. The summed E-state index contributed by atoms with van der Waals surface area (Å²) >= 11 is 0. The Kier molecular flexibility index (Phi) is 127. The summed E-state index contributed by atoms with van der Waals surface area (Å²) in [4.78, 5) is 0. The molecule has 0 aromatic heterocycles. The second-order valence-electron chi connectivity index (χ2n) is 29.3. The maximum atomic E-state index is 2.29. The van der Waals surface area contributed by atoms with Crippen molar-refractivity contribution in [3.05, 3.63) is 0 Å². The average Bonchev–Trinajstić information content (AvgIpc) is 3.56. The van der Waals surface area contributed by atoms with Gasteiger partial charge in [-0.1, -0.05) is 584 Å². The minimum atomic E-state index is 1.37. The first-order chi connectivity index (χ1) is 44.5. The van der Waals surface area contributed by atoms with Gasteiger partial charge in [-0.25, -0.2) is 0 Å². The lowest BCUT2D eigenvalue weighted by molar-refractivity contribution is 0.542. The van der Waals surface area contributed by atoms with Crippen molar-refractivity contribution in [3.8, 4) is 0 Å². The van der Waals surface area contributed by atoms with Crippen LogP contribution in [0.5, 0.6) is 0 Å². The Labute approximate surface area is 580 Å². The highest BCUT2D eigenvalue weighted by Crippen LogP contribution is 2.18. The smallest absolute Gasteiger partial charge is 0.0533 e. The maximum absolute atomic E-state index is 2.29. The van der Waals surface area contributed by atoms with E-state index < -0.39 is 0 Å². The summed E-state index contributed by atoms with van der Waals surface area (Å²) in [5.41, 5.74) is 0. The molecular formula is C90H192. The van der Waals surface area contributed by atoms with Gasteiger partial charge < -0.3 is 0 Å². The summed E-state index contributed by atoms with van der Waals surface area (Å²) in [5.74, 6) is 0. The van der Waals surface area contributed by atoms with Crippen molar-refractivity contribution in [1.82, 2.24) is 0 Å². The van der Waals surface area contributed by atoms with Crippen LogP contribution in [0.2, 0.25) is 0 Å². The Morgan fingerprint density at radius 2 is 0.0889 bits per heavy atom. The second kappa shape index (κ2) is 113. The average molecular weight is 1270 g/mol. The predicted octanol–water partition coefficient (Wildman–Crippen LogP) is 36.6. The molecule has 0 aliphatic carbocycles. The highest BCUT2D eigenvalue weighted by molar-refractivity contribution is 4.54. The van der Waals surface area contributed by atoms with Gasteiger partial charge >= 0.3 is 0 Å². The normalized spacial score (nSPS) is 10.8. The zero-order valence-electron chi connectivity index (χ0n) is 67.2. The van der Waals surface area contributed by atoms with Gasteiger partial charge in [0.25, 0.3) is 0 Å². The first kappa shape index (κ1) is 101. The van der Waals surface area contributed by atoms with E-state index >= 15 is 0 Å². The fourth-order valence-electron chi connectivity index (χ4n) is 12.5. The van der Waals surface area contributed by atoms with Gasteiger partial charge in [0.15, 0.2) is 0 Å². The zero-order chi connectivity index (χ0) is 67.2. The molecule has 0 rings (SSSR count). The van der Waals surface area contributed by atoms with Gasteiger partial charge in [-0.05, 0) is 0 Å². The Morgan fingerprint density at radius 1 is 0.0556 bits per heavy atom. The summed E-state index contributed by atoms with van der Waals surface area (Å²) in [6, 6.07) is 0. The van der Waals surface area contributed by atoms with Crippen LogP contribution >= 0.6 is 0 Å². The Morgan fingerprint density at radius 3 is 0.122 bits per heavy atom. The molecule has 0 aromatic rings. The standard InChI is InChI=1S/6C15H32/c6*1-3-5-7-9-11-13-15-14-12-10-8-6-4-2/h6*3-15H2,1-2H3. The van der Waals surface area contributed by atoms with Gasteiger partial charge in [0, 0.05) is 0 Å². The molecule has 0 N–H and O–H groups in total. The van der Waals surface area contributed by atoms with Crippen LogP contribution in [0.3, 0.4) is 0 Å². The third-order valence-corrected chi connectivity index (χ3v) is 19.2. The molecule has 0 radical (unpaired) electrons. The highest BCUT2D eigenvalue weighted by atomic mass is 14.0. The fraction of sp³-hybridized carbons (Fsp3) is 1.00. The van der Waals surface area contributed by atoms with E-state index in [-0.39, 0.29) is 0 Å². The first-order valence-corrected chi connectivity index (χ1v) is 44.5. The molecule has 0 aliphatic heterocycles. The van der Waals surface area contributed by atoms with Crippen LogP contribution in [0.4, 0.5) is 0 Å². The molecule has 0 saturated heterocycles. The highest BCUT2D eigenvalue weighted by Gasteiger charge is 1.98. The van der Waals surface area contributed by atoms with Crippen molar-refractivity contribution in [3.63, 3.8) is 0 Å². The number of hydrogen-bond acceptors (Lipinski definition) is 0. The molecular weight excluding hydrogens is 1080 g/mol. The number of hydrogen-bond donors (Lipinski definition) is 0. The third kappa shape index (κ3) is 128. The van der Waals surface area contributed by atoms with Crippen molar-refractivity contribution in [2.75, 3.05) is 0 Å². The molecule has 0 aliphatic rings. The van der Waals surface area contributed by atoms with Gasteiger partial charge in [0.1, 0.15) is 0 Å². The lowest BCUT2D eigenvalue weighted by Gasteiger charge is -2.01. The van der Waals surface area contributed by atoms with Crippen molar-refractivity contribution >= 4 is 0 Å². The summed E-state index contributed by atoms with van der Waals surface area (Å²) in [5, 5.41) is 0. The molecule has 0 atom stereocenters. The molecule has 90 heavy (non-hydrogen) atoms. The molecule has 0 spiro atoms. The van der Waals surface area contributed by atoms with Crippen LogP contribution in [0, 0.1) is 0 Å². The monoisotopic (exact) mass is 1270 g/mol. The second-order valence-corrected chi connectivity index (χ2v) is 29.3. The van der Waals surface area contributed by atoms with Crippen LogP contribution in [0.15, 0.2) is 0 Å². The van der Waals surface area contributed by atoms with Crippen LogP contribution in [0.25, 0.3) is 0 Å². The lowest BCUT2D eigenvalue weighted by Crippen LogP contribution is -1.82. The summed E-state index contributed by atoms with van der Waals surface area (Å²) in [6.45, 7) is 27.5. The topological polar surface area (TPSA) is 0 Å². The van der Waals surface area contributed by atoms with Gasteiger partial charge in [-0.3, -0.25) is 0 Å². The summed E-state index contributed by atoms with van der Waals surface area (Å²) in [7, 11) is 0. The van der Waals surface area contributed by atoms with Crippen molar-refractivity contribution in [2.24, 2.45) is 0 Å². The van der Waals surface area contributed by atoms with E-state index in [0.29, 0.717) is 0 Å². The minimum Gasteiger partial charge on any atom is -0.0654 e. The minimum absolute atomic E-state index is 1.37. The SMILES string of the molecule is CCCCCCCCCCCCCCC.CCCCCCCCCCCCCCC.CCCCCCCCCCCCCCC.CCCCCCCCCCCCCCC.CCCCCCCCCCCCCCC.CCCCCCCCCCCCCCC. The fourth-order valence-corrected chi connectivity index (χ4v) is 12.5. The van der Waals surface area contributed by atoms with E-state index in [4.69, 9.17) is 0 Å². The van der Waals surface area contributed by atoms with Crippen molar-refractivity contribution < 1.29 is 0 Å². The van der Waals surface area contributed by atoms with E-state index in [2.05, 4.69) is 83.1 Å². The van der Waals surface area contributed by atoms with E-state index in [9.17, 15) is 0 Å². The predicted molar refractivity (Wildman–Crippen MR) is 428 cm³/mol. The molecule has 0 amide bonds. The summed E-state index contributed by atoms with van der Waals surface area (Å²) < 4.78 is 0. The van der Waals surface area contributed by atoms with Crippen LogP contribution in [0.1, 0.15) is 584 Å². The van der Waals surface area contributed by atoms with E-state index in [0.717, 1.165) is 0 Å². The molecule has 0 heteroatoms. The summed E-state index contributed by atoms with van der Waals surface area (Å²) in [6.07, 6.45) is 114. The lowest BCUT2D eigenvalue weighted by atomic mass is 10.1.